The van der Waals surface area contributed by atoms with Crippen molar-refractivity contribution in [3.05, 3.63) is 29.7 Å². The van der Waals surface area contributed by atoms with Crippen LogP contribution in [0, 0.1) is 6.92 Å². The fourth-order valence-electron chi connectivity index (χ4n) is 2.47. The van der Waals surface area contributed by atoms with Crippen molar-refractivity contribution in [2.75, 3.05) is 36.4 Å². The lowest BCUT2D eigenvalue weighted by atomic mass is 10.3. The van der Waals surface area contributed by atoms with Crippen molar-refractivity contribution in [3.8, 4) is 0 Å². The van der Waals surface area contributed by atoms with Crippen LogP contribution in [0.3, 0.4) is 0 Å². The van der Waals surface area contributed by atoms with Crippen molar-refractivity contribution in [1.29, 1.82) is 0 Å². The Hall–Kier alpha value is -2.97. The van der Waals surface area contributed by atoms with Crippen LogP contribution in [0.15, 0.2) is 22.7 Å². The molecular weight excluding hydrogens is 312 g/mol. The van der Waals surface area contributed by atoms with Crippen LogP contribution in [-0.4, -0.2) is 58.2 Å². The summed E-state index contributed by atoms with van der Waals surface area (Å²) in [5.41, 5.74) is 0.196. The fourth-order valence-corrected chi connectivity index (χ4v) is 2.47. The minimum absolute atomic E-state index is 0.0795. The largest absolute Gasteiger partial charge is 0.360 e. The van der Waals surface area contributed by atoms with Crippen LogP contribution in [0.5, 0.6) is 0 Å². The van der Waals surface area contributed by atoms with Gasteiger partial charge < -0.3 is 19.6 Å². The molecule has 9 heteroatoms. The van der Waals surface area contributed by atoms with E-state index in [9.17, 15) is 9.59 Å². The van der Waals surface area contributed by atoms with Gasteiger partial charge in [0.25, 0.3) is 5.91 Å². The molecular formula is C15H18N6O3. The molecule has 9 nitrogen and oxygen atoms in total. The monoisotopic (exact) mass is 330 g/mol. The highest BCUT2D eigenvalue weighted by Crippen LogP contribution is 2.14. The first-order chi connectivity index (χ1) is 11.5. The van der Waals surface area contributed by atoms with Crippen molar-refractivity contribution in [2.45, 2.75) is 13.8 Å². The van der Waals surface area contributed by atoms with Gasteiger partial charge in [0.15, 0.2) is 17.3 Å². The van der Waals surface area contributed by atoms with Gasteiger partial charge in [-0.2, -0.15) is 0 Å². The molecule has 2 aromatic heterocycles. The van der Waals surface area contributed by atoms with Crippen molar-refractivity contribution in [2.24, 2.45) is 0 Å². The van der Waals surface area contributed by atoms with E-state index in [-0.39, 0.29) is 11.6 Å². The Morgan fingerprint density at radius 2 is 1.92 bits per heavy atom. The zero-order chi connectivity index (χ0) is 17.1. The number of carbonyl (C=O) groups is 2. The molecule has 24 heavy (non-hydrogen) atoms. The second-order valence-electron chi connectivity index (χ2n) is 5.55. The average Bonchev–Trinajstić information content (AvgIpc) is 3.00. The summed E-state index contributed by atoms with van der Waals surface area (Å²) in [7, 11) is 0. The first-order valence-corrected chi connectivity index (χ1v) is 7.62. The van der Waals surface area contributed by atoms with Gasteiger partial charge in [0, 0.05) is 39.2 Å². The number of amides is 2. The number of hydrogen-bond acceptors (Lipinski definition) is 7. The lowest BCUT2D eigenvalue weighted by molar-refractivity contribution is -0.129. The molecule has 0 radical (unpaired) electrons. The van der Waals surface area contributed by atoms with Crippen LogP contribution in [0.4, 0.5) is 11.6 Å². The Labute approximate surface area is 138 Å². The molecule has 3 rings (SSSR count). The summed E-state index contributed by atoms with van der Waals surface area (Å²) in [5, 5.41) is 14.4. The lowest BCUT2D eigenvalue weighted by Gasteiger charge is -2.34. The van der Waals surface area contributed by atoms with Gasteiger partial charge in [-0.3, -0.25) is 9.59 Å². The lowest BCUT2D eigenvalue weighted by Crippen LogP contribution is -2.48. The molecule has 1 saturated heterocycles. The van der Waals surface area contributed by atoms with Gasteiger partial charge >= 0.3 is 0 Å². The van der Waals surface area contributed by atoms with Gasteiger partial charge in [-0.05, 0) is 19.1 Å². The van der Waals surface area contributed by atoms with E-state index in [0.717, 1.165) is 0 Å². The molecule has 0 atom stereocenters. The minimum Gasteiger partial charge on any atom is -0.360 e. The molecule has 0 spiro atoms. The van der Waals surface area contributed by atoms with Gasteiger partial charge in [0.1, 0.15) is 5.76 Å². The number of nitrogens with one attached hydrogen (secondary N) is 1. The average molecular weight is 330 g/mol. The molecule has 0 aliphatic carbocycles. The predicted molar refractivity (Wildman–Crippen MR) is 85.7 cm³/mol. The zero-order valence-electron chi connectivity index (χ0n) is 13.5. The maximum atomic E-state index is 12.1. The van der Waals surface area contributed by atoms with E-state index in [4.69, 9.17) is 4.52 Å². The molecule has 1 fully saturated rings. The predicted octanol–water partition coefficient (Wildman–Crippen LogP) is 0.694. The highest BCUT2D eigenvalue weighted by atomic mass is 16.5. The summed E-state index contributed by atoms with van der Waals surface area (Å²) < 4.78 is 4.89. The molecule has 0 unspecified atom stereocenters. The molecule has 0 saturated carbocycles. The molecule has 126 valence electrons. The summed E-state index contributed by atoms with van der Waals surface area (Å²) in [4.78, 5) is 27.2. The number of anilines is 2. The van der Waals surface area contributed by atoms with Crippen LogP contribution < -0.4 is 10.2 Å². The Balaban J connectivity index is 1.61. The molecule has 1 aliphatic heterocycles. The summed E-state index contributed by atoms with van der Waals surface area (Å²) in [5.74, 6) is 1.31. The van der Waals surface area contributed by atoms with Gasteiger partial charge in [-0.25, -0.2) is 0 Å². The number of rotatable bonds is 3. The van der Waals surface area contributed by atoms with Crippen LogP contribution >= 0.6 is 0 Å². The molecule has 1 aliphatic rings. The zero-order valence-corrected chi connectivity index (χ0v) is 13.5. The third-order valence-corrected chi connectivity index (χ3v) is 3.80. The van der Waals surface area contributed by atoms with Crippen LogP contribution in [0.1, 0.15) is 23.2 Å². The van der Waals surface area contributed by atoms with Gasteiger partial charge in [0.2, 0.25) is 5.91 Å². The molecule has 3 heterocycles. The normalized spacial score (nSPS) is 14.6. The molecule has 1 N–H and O–H groups in total. The highest BCUT2D eigenvalue weighted by molar-refractivity contribution is 6.02. The number of carbonyl (C=O) groups excluding carboxylic acids is 2. The van der Waals surface area contributed by atoms with Crippen LogP contribution in [0.2, 0.25) is 0 Å². The van der Waals surface area contributed by atoms with E-state index in [1.807, 2.05) is 4.90 Å². The smallest absolute Gasteiger partial charge is 0.277 e. The maximum Gasteiger partial charge on any atom is 0.277 e. The van der Waals surface area contributed by atoms with E-state index in [1.54, 1.807) is 36.9 Å². The van der Waals surface area contributed by atoms with Crippen molar-refractivity contribution >= 4 is 23.5 Å². The summed E-state index contributed by atoms with van der Waals surface area (Å²) >= 11 is 0. The van der Waals surface area contributed by atoms with E-state index in [0.29, 0.717) is 43.6 Å². The third-order valence-electron chi connectivity index (χ3n) is 3.80. The number of aromatic nitrogens is 3. The number of aryl methyl sites for hydroxylation is 1. The topological polar surface area (TPSA) is 104 Å². The van der Waals surface area contributed by atoms with Crippen LogP contribution in [0.25, 0.3) is 0 Å². The van der Waals surface area contributed by atoms with Gasteiger partial charge in [-0.15, -0.1) is 10.2 Å². The van der Waals surface area contributed by atoms with E-state index >= 15 is 0 Å². The quantitative estimate of drug-likeness (QED) is 0.883. The second-order valence-corrected chi connectivity index (χ2v) is 5.55. The minimum atomic E-state index is -0.399. The van der Waals surface area contributed by atoms with Crippen molar-refractivity contribution in [3.63, 3.8) is 0 Å². The SMILES string of the molecule is CC(=O)N1CCN(c2ccc(C(=O)Nc3cc(C)on3)nn2)CC1. The summed E-state index contributed by atoms with van der Waals surface area (Å²) in [6.45, 7) is 6.01. The Morgan fingerprint density at radius 3 is 2.46 bits per heavy atom. The number of hydrogen-bond donors (Lipinski definition) is 1. The standard InChI is InChI=1S/C15H18N6O3/c1-10-9-13(19-24-10)16-15(23)12-3-4-14(18-17-12)21-7-5-20(6-8-21)11(2)22/h3-4,9H,5-8H2,1-2H3,(H,16,19,23). The molecule has 0 bridgehead atoms. The van der Waals surface area contributed by atoms with Crippen molar-refractivity contribution < 1.29 is 14.1 Å². The van der Waals surface area contributed by atoms with E-state index < -0.39 is 5.91 Å². The summed E-state index contributed by atoms with van der Waals surface area (Å²) in [6.07, 6.45) is 0. The first-order valence-electron chi connectivity index (χ1n) is 7.62. The summed E-state index contributed by atoms with van der Waals surface area (Å²) in [6, 6.07) is 4.98. The van der Waals surface area contributed by atoms with Gasteiger partial charge in [0.05, 0.1) is 0 Å². The van der Waals surface area contributed by atoms with Crippen molar-refractivity contribution in [1.82, 2.24) is 20.3 Å². The fraction of sp³-hybridized carbons (Fsp3) is 0.400. The Bertz CT molecular complexity index is 734. The maximum absolute atomic E-state index is 12.1. The number of piperazine rings is 1. The van der Waals surface area contributed by atoms with E-state index in [1.165, 1.54) is 0 Å². The van der Waals surface area contributed by atoms with Gasteiger partial charge in [-0.1, -0.05) is 5.16 Å². The highest BCUT2D eigenvalue weighted by Gasteiger charge is 2.20. The molecule has 0 aromatic carbocycles. The molecule has 2 aromatic rings. The number of nitrogens with zero attached hydrogens (tertiary/aromatic N) is 5. The van der Waals surface area contributed by atoms with Crippen LogP contribution in [-0.2, 0) is 4.79 Å². The third kappa shape index (κ3) is 3.50. The van der Waals surface area contributed by atoms with E-state index in [2.05, 4.69) is 20.7 Å². The Kier molecular flexibility index (Phi) is 4.41. The second kappa shape index (κ2) is 6.65. The first kappa shape index (κ1) is 15.9. The Morgan fingerprint density at radius 1 is 1.17 bits per heavy atom. The molecule has 2 amide bonds.